The average Bonchev–Trinajstić information content (AvgIpc) is 3.08. The summed E-state index contributed by atoms with van der Waals surface area (Å²) in [5, 5.41) is 18.6. The largest absolute Gasteiger partial charge is 0.289 e. The molecule has 0 aliphatic rings. The van der Waals surface area contributed by atoms with Gasteiger partial charge in [-0.2, -0.15) is 0 Å². The van der Waals surface area contributed by atoms with E-state index in [2.05, 4.69) is 10.3 Å². The zero-order valence-electron chi connectivity index (χ0n) is 10.5. The maximum Gasteiger partial charge on any atom is 0.243 e. The Kier molecular flexibility index (Phi) is 5.05. The number of hydrogen-bond donors (Lipinski definition) is 2. The molecule has 0 aliphatic heterocycles. The monoisotopic (exact) mass is 280 g/mol. The normalized spacial score (nSPS) is 10.6. The molecule has 0 fully saturated rings. The zero-order valence-corrected chi connectivity index (χ0v) is 11.3. The third-order valence-corrected chi connectivity index (χ3v) is 3.62. The van der Waals surface area contributed by atoms with Crippen molar-refractivity contribution in [3.63, 3.8) is 0 Å². The van der Waals surface area contributed by atoms with Crippen LogP contribution in [0.2, 0.25) is 0 Å². The fraction of sp³-hybridized carbons (Fsp3) is 0.417. The Balaban J connectivity index is 1.71. The molecule has 1 amide bonds. The van der Waals surface area contributed by atoms with Crippen LogP contribution < -0.4 is 5.48 Å². The van der Waals surface area contributed by atoms with Crippen LogP contribution in [0.1, 0.15) is 25.7 Å². The number of hydroxylamine groups is 1. The molecule has 2 aromatic rings. The quantitative estimate of drug-likeness (QED) is 0.462. The van der Waals surface area contributed by atoms with Crippen molar-refractivity contribution in [1.29, 1.82) is 0 Å². The van der Waals surface area contributed by atoms with Crippen LogP contribution in [-0.2, 0) is 11.3 Å². The Hall–Kier alpha value is -1.73. The summed E-state index contributed by atoms with van der Waals surface area (Å²) in [5.74, 6) is -0.333. The maximum atomic E-state index is 10.8. The second kappa shape index (κ2) is 7.01. The molecule has 102 valence electrons. The zero-order chi connectivity index (χ0) is 13.5. The topological polar surface area (TPSA) is 80.0 Å². The van der Waals surface area contributed by atoms with Crippen molar-refractivity contribution < 1.29 is 10.0 Å². The molecule has 0 spiro atoms. The predicted octanol–water partition coefficient (Wildman–Crippen LogP) is 2.07. The number of hydrogen-bond acceptors (Lipinski definition) is 5. The second-order valence-electron chi connectivity index (χ2n) is 4.19. The summed E-state index contributed by atoms with van der Waals surface area (Å²) >= 11 is 1.64. The highest BCUT2D eigenvalue weighted by Crippen LogP contribution is 2.21. The van der Waals surface area contributed by atoms with E-state index in [4.69, 9.17) is 5.21 Å². The van der Waals surface area contributed by atoms with Gasteiger partial charge < -0.3 is 0 Å². The van der Waals surface area contributed by atoms with Gasteiger partial charge in [-0.15, -0.1) is 16.4 Å². The van der Waals surface area contributed by atoms with Crippen molar-refractivity contribution in [2.45, 2.75) is 32.2 Å². The number of nitrogens with zero attached hydrogens (tertiary/aromatic N) is 3. The Morgan fingerprint density at radius 2 is 2.32 bits per heavy atom. The molecule has 2 aromatic heterocycles. The molecule has 0 unspecified atom stereocenters. The van der Waals surface area contributed by atoms with E-state index in [1.165, 1.54) is 0 Å². The van der Waals surface area contributed by atoms with Crippen LogP contribution in [0, 0.1) is 0 Å². The second-order valence-corrected chi connectivity index (χ2v) is 5.14. The standard InChI is InChI=1S/C12H16N4O2S/c17-12(14-18)6-2-1-3-7-16-9-10(13-15-16)11-5-4-8-19-11/h4-5,8-9,18H,1-3,6-7H2,(H,14,17). The van der Waals surface area contributed by atoms with Gasteiger partial charge in [0.25, 0.3) is 0 Å². The SMILES string of the molecule is O=C(CCCCCn1cc(-c2cccs2)nn1)NO. The number of carbonyl (C=O) groups excluding carboxylic acids is 1. The fourth-order valence-electron chi connectivity index (χ4n) is 1.74. The highest BCUT2D eigenvalue weighted by atomic mass is 32.1. The molecule has 0 saturated heterocycles. The third-order valence-electron chi connectivity index (χ3n) is 2.73. The number of thiophene rings is 1. The number of aryl methyl sites for hydroxylation is 1. The van der Waals surface area contributed by atoms with Crippen LogP contribution in [0.3, 0.4) is 0 Å². The van der Waals surface area contributed by atoms with E-state index in [0.29, 0.717) is 6.42 Å². The summed E-state index contributed by atoms with van der Waals surface area (Å²) in [7, 11) is 0. The molecule has 0 bridgehead atoms. The third kappa shape index (κ3) is 4.15. The first-order valence-electron chi connectivity index (χ1n) is 6.16. The molecular formula is C12H16N4O2S. The van der Waals surface area contributed by atoms with Crippen molar-refractivity contribution in [2.75, 3.05) is 0 Å². The molecule has 19 heavy (non-hydrogen) atoms. The molecule has 2 N–H and O–H groups in total. The molecule has 0 aromatic carbocycles. The lowest BCUT2D eigenvalue weighted by atomic mass is 10.2. The molecule has 0 atom stereocenters. The average molecular weight is 280 g/mol. The van der Waals surface area contributed by atoms with Crippen LogP contribution in [0.5, 0.6) is 0 Å². The molecule has 6 nitrogen and oxygen atoms in total. The first-order valence-corrected chi connectivity index (χ1v) is 7.04. The number of aromatic nitrogens is 3. The first kappa shape index (κ1) is 13.7. The van der Waals surface area contributed by atoms with E-state index in [1.807, 2.05) is 28.4 Å². The Morgan fingerprint density at radius 1 is 1.42 bits per heavy atom. The molecule has 0 aliphatic carbocycles. The molecule has 2 rings (SSSR count). The Bertz CT molecular complexity index is 510. The first-order chi connectivity index (χ1) is 9.29. The molecule has 0 radical (unpaired) electrons. The lowest BCUT2D eigenvalue weighted by Gasteiger charge is -2.00. The van der Waals surface area contributed by atoms with Crippen LogP contribution in [0.4, 0.5) is 0 Å². The van der Waals surface area contributed by atoms with E-state index >= 15 is 0 Å². The van der Waals surface area contributed by atoms with Gasteiger partial charge in [-0.1, -0.05) is 17.7 Å². The van der Waals surface area contributed by atoms with E-state index in [0.717, 1.165) is 36.4 Å². The molecular weight excluding hydrogens is 264 g/mol. The minimum absolute atomic E-state index is 0.333. The summed E-state index contributed by atoms with van der Waals surface area (Å²) in [4.78, 5) is 11.9. The smallest absolute Gasteiger partial charge is 0.243 e. The minimum atomic E-state index is -0.333. The lowest BCUT2D eigenvalue weighted by Crippen LogP contribution is -2.17. The summed E-state index contributed by atoms with van der Waals surface area (Å²) in [6.07, 6.45) is 4.91. The summed E-state index contributed by atoms with van der Waals surface area (Å²) in [5.41, 5.74) is 2.53. The highest BCUT2D eigenvalue weighted by Gasteiger charge is 2.04. The summed E-state index contributed by atoms with van der Waals surface area (Å²) < 4.78 is 1.82. The molecule has 0 saturated carbocycles. The number of amides is 1. The van der Waals surface area contributed by atoms with Gasteiger partial charge in [0.2, 0.25) is 5.91 Å². The van der Waals surface area contributed by atoms with Crippen LogP contribution >= 0.6 is 11.3 Å². The van der Waals surface area contributed by atoms with E-state index < -0.39 is 0 Å². The predicted molar refractivity (Wildman–Crippen MR) is 71.7 cm³/mol. The number of rotatable bonds is 7. The van der Waals surface area contributed by atoms with Gasteiger partial charge in [-0.05, 0) is 24.3 Å². The van der Waals surface area contributed by atoms with Crippen LogP contribution in [-0.4, -0.2) is 26.1 Å². The van der Waals surface area contributed by atoms with Crippen molar-refractivity contribution in [3.8, 4) is 10.6 Å². The molecule has 7 heteroatoms. The number of carbonyl (C=O) groups is 1. The van der Waals surface area contributed by atoms with Crippen LogP contribution in [0.15, 0.2) is 23.7 Å². The van der Waals surface area contributed by atoms with Crippen molar-refractivity contribution >= 4 is 17.2 Å². The fourth-order valence-corrected chi connectivity index (χ4v) is 2.41. The van der Waals surface area contributed by atoms with Crippen LogP contribution in [0.25, 0.3) is 10.6 Å². The van der Waals surface area contributed by atoms with Gasteiger partial charge in [0, 0.05) is 13.0 Å². The maximum absolute atomic E-state index is 10.8. The Labute approximate surface area is 115 Å². The van der Waals surface area contributed by atoms with Gasteiger partial charge in [-0.25, -0.2) is 5.48 Å². The Morgan fingerprint density at radius 3 is 3.05 bits per heavy atom. The van der Waals surface area contributed by atoms with E-state index in [1.54, 1.807) is 16.8 Å². The number of nitrogens with one attached hydrogen (secondary N) is 1. The summed E-state index contributed by atoms with van der Waals surface area (Å²) in [6, 6.07) is 4.01. The lowest BCUT2D eigenvalue weighted by molar-refractivity contribution is -0.129. The summed E-state index contributed by atoms with van der Waals surface area (Å²) in [6.45, 7) is 0.791. The van der Waals surface area contributed by atoms with Gasteiger partial charge in [0.05, 0.1) is 11.1 Å². The van der Waals surface area contributed by atoms with Gasteiger partial charge in [-0.3, -0.25) is 14.7 Å². The van der Waals surface area contributed by atoms with Crippen molar-refractivity contribution in [3.05, 3.63) is 23.7 Å². The van der Waals surface area contributed by atoms with Crippen molar-refractivity contribution in [2.24, 2.45) is 0 Å². The van der Waals surface area contributed by atoms with Gasteiger partial charge in [0.1, 0.15) is 5.69 Å². The molecule has 2 heterocycles. The highest BCUT2D eigenvalue weighted by molar-refractivity contribution is 7.13. The number of unbranched alkanes of at least 4 members (excludes halogenated alkanes) is 2. The van der Waals surface area contributed by atoms with Crippen molar-refractivity contribution in [1.82, 2.24) is 20.5 Å². The minimum Gasteiger partial charge on any atom is -0.289 e. The van der Waals surface area contributed by atoms with E-state index in [-0.39, 0.29) is 5.91 Å². The van der Waals surface area contributed by atoms with E-state index in [9.17, 15) is 4.79 Å². The van der Waals surface area contributed by atoms with Gasteiger partial charge >= 0.3 is 0 Å². The van der Waals surface area contributed by atoms with Gasteiger partial charge in [0.15, 0.2) is 0 Å².